The van der Waals surface area contributed by atoms with Crippen LogP contribution in [0.15, 0.2) is 40.9 Å². The molecule has 1 rings (SSSR count). The van der Waals surface area contributed by atoms with E-state index in [-0.39, 0.29) is 29.6 Å². The molecule has 0 fully saturated rings. The molecule has 1 aromatic rings. The van der Waals surface area contributed by atoms with Crippen LogP contribution in [0.2, 0.25) is 0 Å². The van der Waals surface area contributed by atoms with Gasteiger partial charge in [-0.25, -0.2) is 4.79 Å². The molecule has 0 radical (unpaired) electrons. The molecule has 0 spiro atoms. The molecule has 0 aromatic heterocycles. The average Bonchev–Trinajstić information content (AvgIpc) is 2.38. The van der Waals surface area contributed by atoms with Gasteiger partial charge in [0.1, 0.15) is 0 Å². The van der Waals surface area contributed by atoms with Crippen LogP contribution in [-0.4, -0.2) is 12.6 Å². The number of rotatable bonds is 6. The predicted molar refractivity (Wildman–Crippen MR) is 72.5 cm³/mol. The van der Waals surface area contributed by atoms with E-state index in [1.54, 1.807) is 6.92 Å². The SMILES string of the molecule is CCOOC(=O)/C(CC)=C(\[S-])Nc1ccccc1.[Na+]. The summed E-state index contributed by atoms with van der Waals surface area (Å²) in [5.74, 6) is -0.548. The Morgan fingerprint density at radius 3 is 2.42 bits per heavy atom. The Labute approximate surface area is 141 Å². The zero-order valence-corrected chi connectivity index (χ0v) is 14.3. The molecule has 1 N–H and O–H groups in total. The largest absolute Gasteiger partial charge is 1.00 e. The van der Waals surface area contributed by atoms with Crippen LogP contribution in [-0.2, 0) is 27.2 Å². The Morgan fingerprint density at radius 1 is 1.26 bits per heavy atom. The minimum absolute atomic E-state index is 0. The first-order valence-electron chi connectivity index (χ1n) is 5.75. The van der Waals surface area contributed by atoms with Crippen LogP contribution < -0.4 is 34.9 Å². The summed E-state index contributed by atoms with van der Waals surface area (Å²) in [6, 6.07) is 9.41. The van der Waals surface area contributed by atoms with Crippen molar-refractivity contribution in [3.63, 3.8) is 0 Å². The molecule has 0 amide bonds. The molecule has 0 aliphatic heterocycles. The number of nitrogens with one attached hydrogen (secondary N) is 1. The molecule has 0 saturated carbocycles. The van der Waals surface area contributed by atoms with Gasteiger partial charge >= 0.3 is 35.5 Å². The summed E-state index contributed by atoms with van der Waals surface area (Å²) in [5, 5.41) is 3.34. The summed E-state index contributed by atoms with van der Waals surface area (Å²) in [5.41, 5.74) is 1.22. The van der Waals surface area contributed by atoms with Crippen molar-refractivity contribution < 1.29 is 44.1 Å². The zero-order chi connectivity index (χ0) is 13.4. The fraction of sp³-hybridized carbons (Fsp3) is 0.308. The number of hydrogen-bond donors (Lipinski definition) is 1. The van der Waals surface area contributed by atoms with Crippen molar-refractivity contribution in [2.24, 2.45) is 0 Å². The van der Waals surface area contributed by atoms with Crippen LogP contribution in [0.5, 0.6) is 0 Å². The first-order chi connectivity index (χ1) is 8.69. The third kappa shape index (κ3) is 6.40. The van der Waals surface area contributed by atoms with Gasteiger partial charge in [-0.2, -0.15) is 4.89 Å². The maximum absolute atomic E-state index is 11.7. The molecule has 0 unspecified atom stereocenters. The monoisotopic (exact) mass is 289 g/mol. The number of carbonyl (C=O) groups is 1. The third-order valence-corrected chi connectivity index (χ3v) is 2.51. The van der Waals surface area contributed by atoms with Gasteiger partial charge in [-0.05, 0) is 25.5 Å². The summed E-state index contributed by atoms with van der Waals surface area (Å²) < 4.78 is 0. The Morgan fingerprint density at radius 2 is 1.89 bits per heavy atom. The van der Waals surface area contributed by atoms with E-state index in [2.05, 4.69) is 15.1 Å². The van der Waals surface area contributed by atoms with Gasteiger partial charge in [-0.1, -0.05) is 30.2 Å². The molecule has 0 aliphatic carbocycles. The number of anilines is 1. The van der Waals surface area contributed by atoms with Crippen LogP contribution in [0.3, 0.4) is 0 Å². The minimum Gasteiger partial charge on any atom is -0.762 e. The summed E-state index contributed by atoms with van der Waals surface area (Å²) in [4.78, 5) is 20.9. The van der Waals surface area contributed by atoms with Gasteiger partial charge in [0.15, 0.2) is 0 Å². The predicted octanol–water partition coefficient (Wildman–Crippen LogP) is -0.234. The molecule has 6 heteroatoms. The average molecular weight is 289 g/mol. The number of benzene rings is 1. The summed E-state index contributed by atoms with van der Waals surface area (Å²) in [7, 11) is 0. The third-order valence-electron chi connectivity index (χ3n) is 2.16. The van der Waals surface area contributed by atoms with E-state index in [1.807, 2.05) is 37.3 Å². The fourth-order valence-corrected chi connectivity index (χ4v) is 1.63. The standard InChI is InChI=1S/C13H17NO3S.Na/c1-3-11(13(15)17-16-4-2)12(18)14-10-8-6-5-7-9-10;/h5-9,14,18H,3-4H2,1-2H3;/q;+1/p-1/b12-11-;. The second kappa shape index (κ2) is 10.2. The van der Waals surface area contributed by atoms with Gasteiger partial charge in [-0.3, -0.25) is 4.89 Å². The second-order valence-electron chi connectivity index (χ2n) is 3.43. The molecule has 19 heavy (non-hydrogen) atoms. The van der Waals surface area contributed by atoms with E-state index in [4.69, 9.17) is 12.6 Å². The second-order valence-corrected chi connectivity index (χ2v) is 3.84. The van der Waals surface area contributed by atoms with Gasteiger partial charge in [0.05, 0.1) is 6.61 Å². The van der Waals surface area contributed by atoms with Crippen LogP contribution in [0, 0.1) is 0 Å². The molecule has 1 aromatic carbocycles. The number of hydrogen-bond acceptors (Lipinski definition) is 5. The Kier molecular flexibility index (Phi) is 9.91. The molecule has 0 bridgehead atoms. The van der Waals surface area contributed by atoms with Crippen molar-refractivity contribution in [2.75, 3.05) is 11.9 Å². The fourth-order valence-electron chi connectivity index (χ4n) is 1.29. The molecule has 0 atom stereocenters. The molecule has 98 valence electrons. The molecular formula is C13H16NNaO3S. The van der Waals surface area contributed by atoms with E-state index in [0.29, 0.717) is 23.6 Å². The van der Waals surface area contributed by atoms with Gasteiger partial charge in [0, 0.05) is 11.3 Å². The Bertz CT molecular complexity index is 423. The van der Waals surface area contributed by atoms with Crippen molar-refractivity contribution >= 4 is 24.3 Å². The van der Waals surface area contributed by atoms with Crippen LogP contribution >= 0.6 is 0 Å². The zero-order valence-electron chi connectivity index (χ0n) is 11.4. The normalized spacial score (nSPS) is 11.1. The van der Waals surface area contributed by atoms with E-state index in [9.17, 15) is 4.79 Å². The quantitative estimate of drug-likeness (QED) is 0.258. The molecular weight excluding hydrogens is 273 g/mol. The van der Waals surface area contributed by atoms with Crippen LogP contribution in [0.1, 0.15) is 20.3 Å². The van der Waals surface area contributed by atoms with Crippen molar-refractivity contribution in [1.82, 2.24) is 0 Å². The van der Waals surface area contributed by atoms with Gasteiger partial charge < -0.3 is 17.9 Å². The van der Waals surface area contributed by atoms with Crippen molar-refractivity contribution in [3.05, 3.63) is 40.9 Å². The number of carbonyl (C=O) groups excluding carboxylic acids is 1. The van der Waals surface area contributed by atoms with Crippen LogP contribution in [0.4, 0.5) is 5.69 Å². The van der Waals surface area contributed by atoms with Crippen molar-refractivity contribution in [2.45, 2.75) is 20.3 Å². The smallest absolute Gasteiger partial charge is 0.762 e. The van der Waals surface area contributed by atoms with E-state index in [1.165, 1.54) is 0 Å². The van der Waals surface area contributed by atoms with E-state index < -0.39 is 5.97 Å². The van der Waals surface area contributed by atoms with Gasteiger partial charge in [0.2, 0.25) is 0 Å². The minimum atomic E-state index is -0.548. The van der Waals surface area contributed by atoms with Gasteiger partial charge in [0.25, 0.3) is 0 Å². The molecule has 0 heterocycles. The maximum Gasteiger partial charge on any atom is 1.00 e. The first kappa shape index (κ1) is 18.4. The summed E-state index contributed by atoms with van der Waals surface area (Å²) in [6.07, 6.45) is 0.477. The maximum atomic E-state index is 11.7. The van der Waals surface area contributed by atoms with Gasteiger partial charge in [-0.15, -0.1) is 0 Å². The molecule has 4 nitrogen and oxygen atoms in total. The van der Waals surface area contributed by atoms with Crippen molar-refractivity contribution in [3.8, 4) is 0 Å². The Balaban J connectivity index is 0.00000324. The van der Waals surface area contributed by atoms with E-state index >= 15 is 0 Å². The van der Waals surface area contributed by atoms with Crippen LogP contribution in [0.25, 0.3) is 0 Å². The first-order valence-corrected chi connectivity index (χ1v) is 6.15. The van der Waals surface area contributed by atoms with E-state index in [0.717, 1.165) is 5.69 Å². The summed E-state index contributed by atoms with van der Waals surface area (Å²) in [6.45, 7) is 3.88. The molecule has 0 aliphatic rings. The summed E-state index contributed by atoms with van der Waals surface area (Å²) >= 11 is 5.18. The number of para-hydroxylation sites is 1. The Hall–Kier alpha value is -0.590. The molecule has 0 saturated heterocycles. The topological polar surface area (TPSA) is 47.6 Å². The van der Waals surface area contributed by atoms with Crippen molar-refractivity contribution in [1.29, 1.82) is 0 Å².